The van der Waals surface area contributed by atoms with Crippen LogP contribution in [0, 0.1) is 5.92 Å². The van der Waals surface area contributed by atoms with Gasteiger partial charge in [0.2, 0.25) is 0 Å². The lowest BCUT2D eigenvalue weighted by Gasteiger charge is -2.13. The van der Waals surface area contributed by atoms with Crippen LogP contribution in [0.15, 0.2) is 0 Å². The van der Waals surface area contributed by atoms with Crippen molar-refractivity contribution in [1.82, 2.24) is 9.36 Å². The van der Waals surface area contributed by atoms with Crippen molar-refractivity contribution in [2.45, 2.75) is 58.9 Å². The van der Waals surface area contributed by atoms with E-state index in [0.717, 1.165) is 23.7 Å². The number of nitrogens with zero attached hydrogens (tertiary/aromatic N) is 2. The zero-order valence-electron chi connectivity index (χ0n) is 10.9. The predicted molar refractivity (Wildman–Crippen MR) is 69.7 cm³/mol. The van der Waals surface area contributed by atoms with E-state index in [4.69, 9.17) is 5.73 Å². The minimum absolute atomic E-state index is 0.0386. The molecule has 2 N–H and O–H groups in total. The summed E-state index contributed by atoms with van der Waals surface area (Å²) in [6.07, 6.45) is 1.90. The summed E-state index contributed by atoms with van der Waals surface area (Å²) in [7, 11) is 0. The molecule has 1 rings (SSSR count). The third kappa shape index (κ3) is 4.18. The molecule has 0 fully saturated rings. The van der Waals surface area contributed by atoms with Gasteiger partial charge in [-0.25, -0.2) is 4.98 Å². The Kier molecular flexibility index (Phi) is 4.44. The fourth-order valence-electron chi connectivity index (χ4n) is 1.56. The summed E-state index contributed by atoms with van der Waals surface area (Å²) < 4.78 is 4.39. The van der Waals surface area contributed by atoms with Crippen LogP contribution in [-0.4, -0.2) is 15.4 Å². The van der Waals surface area contributed by atoms with E-state index in [2.05, 4.69) is 44.0 Å². The quantitative estimate of drug-likeness (QED) is 0.882. The van der Waals surface area contributed by atoms with E-state index in [1.165, 1.54) is 11.5 Å². The first-order valence-electron chi connectivity index (χ1n) is 5.87. The highest BCUT2D eigenvalue weighted by Crippen LogP contribution is 2.21. The van der Waals surface area contributed by atoms with Gasteiger partial charge in [-0.05, 0) is 23.9 Å². The second-order valence-corrected chi connectivity index (χ2v) is 6.69. The van der Waals surface area contributed by atoms with E-state index >= 15 is 0 Å². The van der Waals surface area contributed by atoms with E-state index in [1.807, 2.05) is 0 Å². The van der Waals surface area contributed by atoms with Gasteiger partial charge >= 0.3 is 0 Å². The predicted octanol–water partition coefficient (Wildman–Crippen LogP) is 2.75. The summed E-state index contributed by atoms with van der Waals surface area (Å²) in [6.45, 7) is 10.8. The molecule has 1 atom stereocenters. The van der Waals surface area contributed by atoms with Crippen LogP contribution in [0.5, 0.6) is 0 Å². The van der Waals surface area contributed by atoms with Gasteiger partial charge in [-0.3, -0.25) is 0 Å². The maximum absolute atomic E-state index is 6.06. The molecular weight excluding hydrogens is 218 g/mol. The van der Waals surface area contributed by atoms with Crippen LogP contribution in [0.2, 0.25) is 0 Å². The van der Waals surface area contributed by atoms with Gasteiger partial charge in [-0.15, -0.1) is 0 Å². The van der Waals surface area contributed by atoms with Gasteiger partial charge in [-0.1, -0.05) is 34.6 Å². The molecule has 1 aromatic heterocycles. The smallest absolute Gasteiger partial charge is 0.147 e. The Morgan fingerprint density at radius 2 is 1.94 bits per heavy atom. The highest BCUT2D eigenvalue weighted by atomic mass is 32.1. The maximum atomic E-state index is 6.06. The minimum atomic E-state index is 0.0386. The number of nitrogens with two attached hydrogens (primary N) is 1. The zero-order chi connectivity index (χ0) is 12.3. The van der Waals surface area contributed by atoms with E-state index in [-0.39, 0.29) is 11.5 Å². The third-order valence-corrected chi connectivity index (χ3v) is 3.08. The summed E-state index contributed by atoms with van der Waals surface area (Å²) in [5.74, 6) is 1.58. The van der Waals surface area contributed by atoms with Crippen LogP contribution in [0.1, 0.15) is 51.9 Å². The first-order valence-corrected chi connectivity index (χ1v) is 6.65. The van der Waals surface area contributed by atoms with Crippen molar-refractivity contribution in [1.29, 1.82) is 0 Å². The highest BCUT2D eigenvalue weighted by Gasteiger charge is 2.20. The van der Waals surface area contributed by atoms with Crippen molar-refractivity contribution in [3.8, 4) is 0 Å². The van der Waals surface area contributed by atoms with Crippen LogP contribution < -0.4 is 5.73 Å². The molecule has 0 bridgehead atoms. The molecule has 0 aliphatic heterocycles. The molecule has 0 saturated carbocycles. The van der Waals surface area contributed by atoms with Crippen LogP contribution >= 0.6 is 11.5 Å². The molecule has 1 heterocycles. The average Bonchev–Trinajstić information content (AvgIpc) is 2.49. The molecule has 92 valence electrons. The molecule has 0 spiro atoms. The van der Waals surface area contributed by atoms with Crippen molar-refractivity contribution in [3.63, 3.8) is 0 Å². The van der Waals surface area contributed by atoms with Gasteiger partial charge in [0.25, 0.3) is 0 Å². The van der Waals surface area contributed by atoms with Gasteiger partial charge in [-0.2, -0.15) is 4.37 Å². The molecule has 0 saturated heterocycles. The van der Waals surface area contributed by atoms with Gasteiger partial charge in [0.15, 0.2) is 0 Å². The lowest BCUT2D eigenvalue weighted by molar-refractivity contribution is 0.490. The third-order valence-electron chi connectivity index (χ3n) is 2.35. The summed E-state index contributed by atoms with van der Waals surface area (Å²) in [5, 5.41) is 1.07. The van der Waals surface area contributed by atoms with Crippen molar-refractivity contribution in [3.05, 3.63) is 10.8 Å². The van der Waals surface area contributed by atoms with Gasteiger partial charge in [0.05, 0.1) is 0 Å². The molecule has 0 radical (unpaired) electrons. The fourth-order valence-corrected chi connectivity index (χ4v) is 2.48. The van der Waals surface area contributed by atoms with Gasteiger partial charge in [0.1, 0.15) is 10.8 Å². The summed E-state index contributed by atoms with van der Waals surface area (Å²) >= 11 is 1.49. The monoisotopic (exact) mass is 241 g/mol. The van der Waals surface area contributed by atoms with Crippen LogP contribution in [0.25, 0.3) is 0 Å². The van der Waals surface area contributed by atoms with Crippen molar-refractivity contribution < 1.29 is 0 Å². The molecule has 0 amide bonds. The standard InChI is InChI=1S/C12H23N3S/c1-8(2)6-9(13)7-10-14-11(15-16-10)12(3,4)5/h8-9H,6-7,13H2,1-5H3. The molecular formula is C12H23N3S. The Bertz CT molecular complexity index is 325. The van der Waals surface area contributed by atoms with Gasteiger partial charge in [0, 0.05) is 17.9 Å². The second kappa shape index (κ2) is 5.23. The van der Waals surface area contributed by atoms with Crippen molar-refractivity contribution >= 4 is 11.5 Å². The van der Waals surface area contributed by atoms with Crippen molar-refractivity contribution in [2.24, 2.45) is 11.7 Å². The summed E-state index contributed by atoms with van der Waals surface area (Å²) in [6, 6.07) is 0.209. The highest BCUT2D eigenvalue weighted by molar-refractivity contribution is 7.05. The van der Waals surface area contributed by atoms with Gasteiger partial charge < -0.3 is 5.73 Å². The Balaban J connectivity index is 2.59. The van der Waals surface area contributed by atoms with E-state index < -0.39 is 0 Å². The minimum Gasteiger partial charge on any atom is -0.327 e. The Morgan fingerprint density at radius 3 is 2.38 bits per heavy atom. The Hall–Kier alpha value is -0.480. The number of hydrogen-bond donors (Lipinski definition) is 1. The van der Waals surface area contributed by atoms with E-state index in [1.54, 1.807) is 0 Å². The molecule has 1 unspecified atom stereocenters. The molecule has 3 nitrogen and oxygen atoms in total. The topological polar surface area (TPSA) is 51.8 Å². The lowest BCUT2D eigenvalue weighted by Crippen LogP contribution is -2.24. The van der Waals surface area contributed by atoms with Crippen LogP contribution in [-0.2, 0) is 11.8 Å². The first-order chi connectivity index (χ1) is 7.29. The number of hydrogen-bond acceptors (Lipinski definition) is 4. The summed E-state index contributed by atoms with van der Waals surface area (Å²) in [5.41, 5.74) is 6.10. The molecule has 16 heavy (non-hydrogen) atoms. The maximum Gasteiger partial charge on any atom is 0.147 e. The average molecular weight is 241 g/mol. The summed E-state index contributed by atoms with van der Waals surface area (Å²) in [4.78, 5) is 4.56. The molecule has 0 aliphatic rings. The van der Waals surface area contributed by atoms with Crippen LogP contribution in [0.4, 0.5) is 0 Å². The number of aromatic nitrogens is 2. The normalized spacial score (nSPS) is 14.4. The molecule has 4 heteroatoms. The van der Waals surface area contributed by atoms with Crippen molar-refractivity contribution in [2.75, 3.05) is 0 Å². The zero-order valence-corrected chi connectivity index (χ0v) is 11.8. The Morgan fingerprint density at radius 1 is 1.31 bits per heavy atom. The van der Waals surface area contributed by atoms with Crippen LogP contribution in [0.3, 0.4) is 0 Å². The van der Waals surface area contributed by atoms with E-state index in [0.29, 0.717) is 5.92 Å². The lowest BCUT2D eigenvalue weighted by atomic mass is 9.96. The Labute approximate surface area is 103 Å². The fraction of sp³-hybridized carbons (Fsp3) is 0.833. The second-order valence-electron chi connectivity index (χ2n) is 5.86. The first kappa shape index (κ1) is 13.6. The van der Waals surface area contributed by atoms with E-state index in [9.17, 15) is 0 Å². The SMILES string of the molecule is CC(C)CC(N)Cc1nc(C(C)(C)C)ns1. The molecule has 0 aliphatic carbocycles. The molecule has 1 aromatic rings. The largest absolute Gasteiger partial charge is 0.327 e. The molecule has 0 aromatic carbocycles. The number of rotatable bonds is 4.